The third-order valence-corrected chi connectivity index (χ3v) is 1.94. The highest BCUT2D eigenvalue weighted by atomic mass is 28.4. The molecule has 0 aliphatic rings. The Morgan fingerprint density at radius 3 is 2.54 bits per heavy atom. The number of nitrogen functional groups attached to an aromatic ring is 1. The lowest BCUT2D eigenvalue weighted by atomic mass is 10.6. The van der Waals surface area contributed by atoms with Crippen molar-refractivity contribution in [1.29, 1.82) is 0 Å². The van der Waals surface area contributed by atoms with Gasteiger partial charge in [-0.1, -0.05) is 0 Å². The second-order valence-electron chi connectivity index (χ2n) is 3.60. The van der Waals surface area contributed by atoms with Crippen LogP contribution < -0.4 is 10.2 Å². The first-order valence-electron chi connectivity index (χ1n) is 3.85. The highest BCUT2D eigenvalue weighted by molar-refractivity contribution is 6.70. The molecular formula is C7H12FN3OSi. The standard InChI is InChI=1S/C7H12FN3OSi/c1-13(2,3)12-7-10-4-5(8)6(9)11-7/h4H,1-3H3,(H2,9,10,11). The van der Waals surface area contributed by atoms with Crippen LogP contribution in [0.2, 0.25) is 19.6 Å². The number of anilines is 1. The number of hydrogen-bond acceptors (Lipinski definition) is 4. The van der Waals surface area contributed by atoms with Crippen LogP contribution >= 0.6 is 0 Å². The van der Waals surface area contributed by atoms with Gasteiger partial charge in [0.15, 0.2) is 11.6 Å². The minimum absolute atomic E-state index is 0.151. The van der Waals surface area contributed by atoms with Crippen LogP contribution in [-0.2, 0) is 0 Å². The number of halogens is 1. The van der Waals surface area contributed by atoms with Crippen LogP contribution in [0.1, 0.15) is 0 Å². The first-order chi connectivity index (χ1) is 5.88. The van der Waals surface area contributed by atoms with Gasteiger partial charge in [0.2, 0.25) is 8.32 Å². The molecule has 0 aromatic carbocycles. The van der Waals surface area contributed by atoms with Crippen molar-refractivity contribution >= 4 is 14.1 Å². The summed E-state index contributed by atoms with van der Waals surface area (Å²) in [4.78, 5) is 7.33. The van der Waals surface area contributed by atoms with Crippen LogP contribution in [-0.4, -0.2) is 18.3 Å². The molecule has 0 atom stereocenters. The van der Waals surface area contributed by atoms with Crippen molar-refractivity contribution in [3.8, 4) is 6.01 Å². The molecule has 4 nitrogen and oxygen atoms in total. The molecule has 0 saturated carbocycles. The summed E-state index contributed by atoms with van der Waals surface area (Å²) < 4.78 is 18.0. The van der Waals surface area contributed by atoms with Gasteiger partial charge in [0, 0.05) is 0 Å². The van der Waals surface area contributed by atoms with Crippen molar-refractivity contribution in [1.82, 2.24) is 9.97 Å². The smallest absolute Gasteiger partial charge is 0.304 e. The number of nitrogens with two attached hydrogens (primary N) is 1. The normalized spacial score (nSPS) is 11.4. The molecule has 1 aromatic rings. The molecule has 1 rings (SSSR count). The topological polar surface area (TPSA) is 61.0 Å². The predicted molar refractivity (Wildman–Crippen MR) is 50.4 cm³/mol. The number of aromatic nitrogens is 2. The summed E-state index contributed by atoms with van der Waals surface area (Å²) in [6, 6.07) is 0.151. The van der Waals surface area contributed by atoms with E-state index in [1.54, 1.807) is 0 Å². The second-order valence-corrected chi connectivity index (χ2v) is 8.03. The zero-order valence-electron chi connectivity index (χ0n) is 7.84. The first-order valence-corrected chi connectivity index (χ1v) is 7.26. The fraction of sp³-hybridized carbons (Fsp3) is 0.429. The van der Waals surface area contributed by atoms with Crippen LogP contribution in [0, 0.1) is 5.82 Å². The molecule has 0 aliphatic carbocycles. The summed E-state index contributed by atoms with van der Waals surface area (Å²) in [7, 11) is -1.74. The molecule has 0 radical (unpaired) electrons. The van der Waals surface area contributed by atoms with E-state index in [4.69, 9.17) is 10.2 Å². The molecule has 72 valence electrons. The molecule has 6 heteroatoms. The second kappa shape index (κ2) is 3.29. The Bertz CT molecular complexity index is 313. The maximum Gasteiger partial charge on any atom is 0.304 e. The number of hydrogen-bond donors (Lipinski definition) is 1. The molecule has 0 spiro atoms. The lowest BCUT2D eigenvalue weighted by Gasteiger charge is -2.16. The summed E-state index contributed by atoms with van der Waals surface area (Å²) in [5, 5.41) is 0. The maximum atomic E-state index is 12.6. The van der Waals surface area contributed by atoms with E-state index in [9.17, 15) is 4.39 Å². The monoisotopic (exact) mass is 201 g/mol. The van der Waals surface area contributed by atoms with Gasteiger partial charge in [-0.25, -0.2) is 9.37 Å². The maximum absolute atomic E-state index is 12.6. The summed E-state index contributed by atoms with van der Waals surface area (Å²) >= 11 is 0. The predicted octanol–water partition coefficient (Wildman–Crippen LogP) is 1.41. The Balaban J connectivity index is 2.86. The molecule has 1 aromatic heterocycles. The van der Waals surface area contributed by atoms with Gasteiger partial charge in [0.05, 0.1) is 6.20 Å². The van der Waals surface area contributed by atoms with Crippen LogP contribution in [0.25, 0.3) is 0 Å². The number of nitrogens with zero attached hydrogens (tertiary/aromatic N) is 2. The SMILES string of the molecule is C[Si](C)(C)Oc1ncc(F)c(N)n1. The molecule has 1 heterocycles. The number of rotatable bonds is 2. The van der Waals surface area contributed by atoms with Gasteiger partial charge in [0.25, 0.3) is 0 Å². The molecule has 0 unspecified atom stereocenters. The summed E-state index contributed by atoms with van der Waals surface area (Å²) in [6.07, 6.45) is 1.01. The van der Waals surface area contributed by atoms with Crippen LogP contribution in [0.5, 0.6) is 6.01 Å². The third-order valence-electron chi connectivity index (χ3n) is 1.15. The third kappa shape index (κ3) is 2.98. The van der Waals surface area contributed by atoms with Gasteiger partial charge in [0.1, 0.15) is 0 Å². The first kappa shape index (κ1) is 9.91. The molecular weight excluding hydrogens is 189 g/mol. The average Bonchev–Trinajstić information content (AvgIpc) is 1.94. The van der Waals surface area contributed by atoms with Crippen molar-refractivity contribution in [3.63, 3.8) is 0 Å². The largest absolute Gasteiger partial charge is 0.518 e. The average molecular weight is 201 g/mol. The Hall–Kier alpha value is -1.17. The van der Waals surface area contributed by atoms with Crippen LogP contribution in [0.3, 0.4) is 0 Å². The lowest BCUT2D eigenvalue weighted by molar-refractivity contribution is 0.500. The minimum Gasteiger partial charge on any atom is -0.518 e. The molecule has 0 bridgehead atoms. The van der Waals surface area contributed by atoms with Gasteiger partial charge in [-0.3, -0.25) is 0 Å². The van der Waals surface area contributed by atoms with Gasteiger partial charge >= 0.3 is 6.01 Å². The van der Waals surface area contributed by atoms with Gasteiger partial charge < -0.3 is 10.2 Å². The Morgan fingerprint density at radius 1 is 1.46 bits per heavy atom. The highest BCUT2D eigenvalue weighted by Gasteiger charge is 2.18. The van der Waals surface area contributed by atoms with E-state index in [0.29, 0.717) is 0 Å². The van der Waals surface area contributed by atoms with Crippen molar-refractivity contribution < 1.29 is 8.82 Å². The fourth-order valence-corrected chi connectivity index (χ4v) is 1.33. The van der Waals surface area contributed by atoms with E-state index < -0.39 is 14.1 Å². The van der Waals surface area contributed by atoms with Crippen LogP contribution in [0.4, 0.5) is 10.2 Å². The van der Waals surface area contributed by atoms with Crippen LogP contribution in [0.15, 0.2) is 6.20 Å². The van der Waals surface area contributed by atoms with Crippen molar-refractivity contribution in [2.24, 2.45) is 0 Å². The van der Waals surface area contributed by atoms with Gasteiger partial charge in [-0.05, 0) is 19.6 Å². The quantitative estimate of drug-likeness (QED) is 0.735. The lowest BCUT2D eigenvalue weighted by Crippen LogP contribution is -2.30. The molecule has 0 saturated heterocycles. The van der Waals surface area contributed by atoms with E-state index in [1.807, 2.05) is 19.6 Å². The molecule has 0 fully saturated rings. The van der Waals surface area contributed by atoms with E-state index in [2.05, 4.69) is 9.97 Å². The fourth-order valence-electron chi connectivity index (χ4n) is 0.686. The van der Waals surface area contributed by atoms with Crippen molar-refractivity contribution in [2.75, 3.05) is 5.73 Å². The molecule has 0 aliphatic heterocycles. The molecule has 0 amide bonds. The van der Waals surface area contributed by atoms with Gasteiger partial charge in [-0.15, -0.1) is 0 Å². The Morgan fingerprint density at radius 2 is 2.08 bits per heavy atom. The Labute approximate surface area is 77.1 Å². The zero-order chi connectivity index (χ0) is 10.1. The molecule has 2 N–H and O–H groups in total. The Kier molecular flexibility index (Phi) is 2.51. The highest BCUT2D eigenvalue weighted by Crippen LogP contribution is 2.13. The molecule has 13 heavy (non-hydrogen) atoms. The van der Waals surface area contributed by atoms with Gasteiger partial charge in [-0.2, -0.15) is 4.98 Å². The zero-order valence-corrected chi connectivity index (χ0v) is 8.84. The van der Waals surface area contributed by atoms with E-state index in [0.717, 1.165) is 6.20 Å². The van der Waals surface area contributed by atoms with E-state index in [1.165, 1.54) is 0 Å². The summed E-state index contributed by atoms with van der Waals surface area (Å²) in [5.74, 6) is -0.800. The summed E-state index contributed by atoms with van der Waals surface area (Å²) in [6.45, 7) is 5.95. The van der Waals surface area contributed by atoms with Crippen molar-refractivity contribution in [2.45, 2.75) is 19.6 Å². The minimum atomic E-state index is -1.74. The van der Waals surface area contributed by atoms with Crippen molar-refractivity contribution in [3.05, 3.63) is 12.0 Å². The summed E-state index contributed by atoms with van der Waals surface area (Å²) in [5.41, 5.74) is 5.25. The van der Waals surface area contributed by atoms with E-state index >= 15 is 0 Å². The van der Waals surface area contributed by atoms with E-state index in [-0.39, 0.29) is 11.8 Å².